The van der Waals surface area contributed by atoms with E-state index in [4.69, 9.17) is 47.4 Å². The largest absolute Gasteiger partial charge is 0.495 e. The minimum atomic E-state index is -0.807. The predicted molar refractivity (Wildman–Crippen MR) is 161 cm³/mol. The number of hydrogen-bond donors (Lipinski definition) is 4. The van der Waals surface area contributed by atoms with Gasteiger partial charge in [0, 0.05) is 55.5 Å². The Labute approximate surface area is 249 Å². The van der Waals surface area contributed by atoms with E-state index >= 15 is 0 Å². The second kappa shape index (κ2) is 12.9. The maximum absolute atomic E-state index is 10.1. The van der Waals surface area contributed by atoms with Crippen molar-refractivity contribution in [1.82, 2.24) is 25.2 Å². The molecule has 0 amide bonds. The SMILES string of the molecule is C=CC(O)N[C@H]1CN(C)C[C@H]1Nc1ncc2cc(-c3c(Cl)c(OC)cc(OC)c3Cl)nc(NCC3CCCO3)c2n1. The van der Waals surface area contributed by atoms with Gasteiger partial charge in [0.2, 0.25) is 5.95 Å². The van der Waals surface area contributed by atoms with E-state index in [2.05, 4.69) is 32.4 Å². The zero-order valence-corrected chi connectivity index (χ0v) is 24.8. The molecule has 5 rings (SSSR count). The molecule has 2 aliphatic rings. The summed E-state index contributed by atoms with van der Waals surface area (Å²) >= 11 is 13.5. The molecule has 41 heavy (non-hydrogen) atoms. The number of anilines is 2. The number of likely N-dealkylation sites (N-methyl/N-ethyl adjacent to an activating group) is 1. The molecular formula is C28H35Cl2N7O4. The Morgan fingerprint density at radius 2 is 1.90 bits per heavy atom. The summed E-state index contributed by atoms with van der Waals surface area (Å²) in [7, 11) is 5.09. The Morgan fingerprint density at radius 1 is 1.17 bits per heavy atom. The van der Waals surface area contributed by atoms with E-state index in [-0.39, 0.29) is 18.2 Å². The number of halogens is 2. The molecule has 3 aromatic rings. The summed E-state index contributed by atoms with van der Waals surface area (Å²) in [4.78, 5) is 16.6. The number of ether oxygens (including phenoxy) is 3. The van der Waals surface area contributed by atoms with Crippen molar-refractivity contribution < 1.29 is 19.3 Å². The average Bonchev–Trinajstić information content (AvgIpc) is 3.61. The third-order valence-corrected chi connectivity index (χ3v) is 8.09. The van der Waals surface area contributed by atoms with Crippen molar-refractivity contribution in [2.24, 2.45) is 0 Å². The lowest BCUT2D eigenvalue weighted by Crippen LogP contribution is -2.47. The molecule has 1 aromatic carbocycles. The molecule has 4 atom stereocenters. The van der Waals surface area contributed by atoms with Crippen molar-refractivity contribution in [1.29, 1.82) is 0 Å². The zero-order valence-electron chi connectivity index (χ0n) is 23.3. The van der Waals surface area contributed by atoms with Gasteiger partial charge >= 0.3 is 0 Å². The smallest absolute Gasteiger partial charge is 0.223 e. The second-order valence-electron chi connectivity index (χ2n) is 10.2. The first-order chi connectivity index (χ1) is 19.8. The van der Waals surface area contributed by atoms with Crippen LogP contribution in [0.25, 0.3) is 22.2 Å². The molecule has 0 saturated carbocycles. The summed E-state index contributed by atoms with van der Waals surface area (Å²) in [5.41, 5.74) is 1.63. The summed E-state index contributed by atoms with van der Waals surface area (Å²) in [5, 5.41) is 21.5. The average molecular weight is 605 g/mol. The molecule has 2 aromatic heterocycles. The van der Waals surface area contributed by atoms with Gasteiger partial charge < -0.3 is 34.9 Å². The van der Waals surface area contributed by atoms with Crippen LogP contribution in [0.4, 0.5) is 11.8 Å². The fraction of sp³-hybridized carbons (Fsp3) is 0.464. The van der Waals surface area contributed by atoms with Gasteiger partial charge in [0.05, 0.1) is 42.1 Å². The van der Waals surface area contributed by atoms with Gasteiger partial charge in [-0.3, -0.25) is 5.32 Å². The highest BCUT2D eigenvalue weighted by Gasteiger charge is 2.32. The molecule has 2 unspecified atom stereocenters. The number of pyridine rings is 1. The lowest BCUT2D eigenvalue weighted by Gasteiger charge is -2.23. The zero-order chi connectivity index (χ0) is 29.1. The topological polar surface area (TPSA) is 126 Å². The quantitative estimate of drug-likeness (QED) is 0.189. The van der Waals surface area contributed by atoms with Crippen molar-refractivity contribution >= 4 is 45.9 Å². The molecule has 13 heteroatoms. The van der Waals surface area contributed by atoms with E-state index in [0.717, 1.165) is 37.9 Å². The lowest BCUT2D eigenvalue weighted by atomic mass is 10.1. The number of aromatic nitrogens is 3. The molecule has 2 fully saturated rings. The number of rotatable bonds is 11. The van der Waals surface area contributed by atoms with Crippen LogP contribution in [0.5, 0.6) is 11.5 Å². The first-order valence-electron chi connectivity index (χ1n) is 13.5. The van der Waals surface area contributed by atoms with Crippen LogP contribution in [-0.4, -0.2) is 96.9 Å². The summed E-state index contributed by atoms with van der Waals surface area (Å²) in [6.45, 7) is 6.47. The first kappa shape index (κ1) is 29.6. The number of benzene rings is 1. The summed E-state index contributed by atoms with van der Waals surface area (Å²) in [5.74, 6) is 1.83. The number of fused-ring (bicyclic) bond motifs is 1. The Bertz CT molecular complexity index is 1380. The molecule has 4 heterocycles. The van der Waals surface area contributed by atoms with Gasteiger partial charge in [-0.1, -0.05) is 29.8 Å². The van der Waals surface area contributed by atoms with Crippen LogP contribution in [0.15, 0.2) is 31.0 Å². The standard InChI is InChI=1S/C28H35Cl2N7O4/c1-5-22(38)33-18-13-37(2)14-19(18)35-28-32-11-15-9-17(23-24(29)20(39-3)10-21(40-4)25(23)30)34-27(26(15)36-28)31-12-16-7-6-8-41-16/h5,9-11,16,18-19,22,33,38H,1,6-8,12-14H2,2-4H3,(H,31,34)(H,32,35,36)/t16?,18-,19+,22?/m0/s1. The van der Waals surface area contributed by atoms with Crippen molar-refractivity contribution in [2.75, 3.05) is 58.1 Å². The van der Waals surface area contributed by atoms with Gasteiger partial charge in [-0.05, 0) is 32.0 Å². The molecule has 2 saturated heterocycles. The number of nitrogens with one attached hydrogen (secondary N) is 3. The van der Waals surface area contributed by atoms with E-state index in [9.17, 15) is 5.11 Å². The summed E-state index contributed by atoms with van der Waals surface area (Å²) in [6.07, 6.45) is 4.48. The van der Waals surface area contributed by atoms with Crippen molar-refractivity contribution in [3.63, 3.8) is 0 Å². The van der Waals surface area contributed by atoms with E-state index in [1.807, 2.05) is 13.1 Å². The molecular weight excluding hydrogens is 569 g/mol. The monoisotopic (exact) mass is 603 g/mol. The highest BCUT2D eigenvalue weighted by atomic mass is 35.5. The predicted octanol–water partition coefficient (Wildman–Crippen LogP) is 3.80. The lowest BCUT2D eigenvalue weighted by molar-refractivity contribution is 0.120. The molecule has 0 spiro atoms. The van der Waals surface area contributed by atoms with Crippen molar-refractivity contribution in [3.05, 3.63) is 41.0 Å². The summed E-state index contributed by atoms with van der Waals surface area (Å²) < 4.78 is 16.8. The van der Waals surface area contributed by atoms with E-state index in [1.165, 1.54) is 20.3 Å². The minimum Gasteiger partial charge on any atom is -0.495 e. The maximum atomic E-state index is 10.1. The Hall–Kier alpha value is -2.93. The molecule has 220 valence electrons. The number of hydrogen-bond acceptors (Lipinski definition) is 11. The Balaban J connectivity index is 1.54. The van der Waals surface area contributed by atoms with Crippen LogP contribution in [0.2, 0.25) is 10.0 Å². The fourth-order valence-electron chi connectivity index (χ4n) is 5.26. The van der Waals surface area contributed by atoms with Gasteiger partial charge in [0.15, 0.2) is 5.82 Å². The van der Waals surface area contributed by atoms with Crippen LogP contribution in [0.3, 0.4) is 0 Å². The second-order valence-corrected chi connectivity index (χ2v) is 11.0. The third-order valence-electron chi connectivity index (χ3n) is 7.34. The van der Waals surface area contributed by atoms with Crippen molar-refractivity contribution in [2.45, 2.75) is 37.3 Å². The van der Waals surface area contributed by atoms with E-state index in [1.54, 1.807) is 12.3 Å². The highest BCUT2D eigenvalue weighted by Crippen LogP contribution is 2.46. The molecule has 0 bridgehead atoms. The number of aliphatic hydroxyl groups excluding tert-OH is 1. The number of methoxy groups -OCH3 is 2. The first-order valence-corrected chi connectivity index (χ1v) is 14.2. The van der Waals surface area contributed by atoms with E-state index < -0.39 is 6.23 Å². The number of aliphatic hydroxyl groups is 1. The van der Waals surface area contributed by atoms with Gasteiger partial charge in [-0.2, -0.15) is 0 Å². The van der Waals surface area contributed by atoms with Crippen LogP contribution in [-0.2, 0) is 4.74 Å². The maximum Gasteiger partial charge on any atom is 0.223 e. The van der Waals surface area contributed by atoms with Gasteiger partial charge in [0.1, 0.15) is 23.2 Å². The highest BCUT2D eigenvalue weighted by molar-refractivity contribution is 6.41. The van der Waals surface area contributed by atoms with Gasteiger partial charge in [-0.15, -0.1) is 0 Å². The summed E-state index contributed by atoms with van der Waals surface area (Å²) in [6, 6.07) is 3.42. The minimum absolute atomic E-state index is 0.0303. The van der Waals surface area contributed by atoms with Crippen molar-refractivity contribution in [3.8, 4) is 22.8 Å². The van der Waals surface area contributed by atoms with E-state index in [0.29, 0.717) is 56.6 Å². The Kier molecular flexibility index (Phi) is 9.32. The molecule has 4 N–H and O–H groups in total. The Morgan fingerprint density at radius 3 is 2.56 bits per heavy atom. The van der Waals surface area contributed by atoms with Crippen LogP contribution < -0.4 is 25.4 Å². The fourth-order valence-corrected chi connectivity index (χ4v) is 5.95. The molecule has 0 aliphatic carbocycles. The molecule has 11 nitrogen and oxygen atoms in total. The third kappa shape index (κ3) is 6.45. The number of likely N-dealkylation sites (tertiary alicyclic amines) is 1. The van der Waals surface area contributed by atoms with Crippen LogP contribution >= 0.6 is 23.2 Å². The van der Waals surface area contributed by atoms with Gasteiger partial charge in [0.25, 0.3) is 0 Å². The molecule has 0 radical (unpaired) electrons. The van der Waals surface area contributed by atoms with Crippen LogP contribution in [0.1, 0.15) is 12.8 Å². The van der Waals surface area contributed by atoms with Gasteiger partial charge in [-0.25, -0.2) is 15.0 Å². The number of nitrogens with zero attached hydrogens (tertiary/aromatic N) is 4. The van der Waals surface area contributed by atoms with Crippen LogP contribution in [0, 0.1) is 0 Å². The normalized spacial score (nSPS) is 21.7. The molecule has 2 aliphatic heterocycles.